The number of nitrogens with zero attached hydrogens (tertiary/aromatic N) is 5. The van der Waals surface area contributed by atoms with Crippen LogP contribution >= 0.6 is 0 Å². The molecule has 0 spiro atoms. The van der Waals surface area contributed by atoms with E-state index in [0.29, 0.717) is 43.6 Å². The molecule has 32 heavy (non-hydrogen) atoms. The Labute approximate surface area is 184 Å². The Kier molecular flexibility index (Phi) is 6.34. The van der Waals surface area contributed by atoms with Crippen LogP contribution in [0.1, 0.15) is 11.4 Å². The maximum absolute atomic E-state index is 13.7. The van der Waals surface area contributed by atoms with Crippen molar-refractivity contribution in [2.75, 3.05) is 36.4 Å². The van der Waals surface area contributed by atoms with Crippen molar-refractivity contribution in [3.63, 3.8) is 0 Å². The van der Waals surface area contributed by atoms with Gasteiger partial charge in [-0.25, -0.2) is 23.7 Å². The van der Waals surface area contributed by atoms with Gasteiger partial charge < -0.3 is 15.1 Å². The van der Waals surface area contributed by atoms with Crippen molar-refractivity contribution < 1.29 is 13.6 Å². The van der Waals surface area contributed by atoms with Crippen molar-refractivity contribution in [3.8, 4) is 0 Å². The van der Waals surface area contributed by atoms with Crippen LogP contribution < -0.4 is 10.2 Å². The lowest BCUT2D eigenvalue weighted by Crippen LogP contribution is -2.48. The first-order valence-corrected chi connectivity index (χ1v) is 10.2. The Morgan fingerprint density at radius 1 is 1.03 bits per heavy atom. The minimum atomic E-state index is -0.575. The Morgan fingerprint density at radius 2 is 1.84 bits per heavy atom. The van der Waals surface area contributed by atoms with E-state index < -0.39 is 11.6 Å². The predicted molar refractivity (Wildman–Crippen MR) is 118 cm³/mol. The van der Waals surface area contributed by atoms with Crippen LogP contribution in [0.2, 0.25) is 0 Å². The quantitative estimate of drug-likeness (QED) is 0.617. The van der Waals surface area contributed by atoms with Gasteiger partial charge in [-0.1, -0.05) is 6.07 Å². The molecular formula is C23H22F2N6O. The molecule has 0 radical (unpaired) electrons. The fourth-order valence-electron chi connectivity index (χ4n) is 3.41. The molecule has 164 valence electrons. The number of aryl methyl sites for hydroxylation is 1. The molecule has 0 bridgehead atoms. The number of aromatic nitrogens is 3. The second-order valence-corrected chi connectivity index (χ2v) is 7.31. The molecule has 0 unspecified atom stereocenters. The van der Waals surface area contributed by atoms with E-state index in [-0.39, 0.29) is 11.5 Å². The van der Waals surface area contributed by atoms with Crippen LogP contribution in [0, 0.1) is 18.6 Å². The van der Waals surface area contributed by atoms with Crippen molar-refractivity contribution in [3.05, 3.63) is 77.8 Å². The monoisotopic (exact) mass is 436 g/mol. The van der Waals surface area contributed by atoms with E-state index >= 15 is 0 Å². The number of amides is 1. The van der Waals surface area contributed by atoms with Crippen molar-refractivity contribution in [2.24, 2.45) is 0 Å². The molecule has 4 rings (SSSR count). The van der Waals surface area contributed by atoms with E-state index in [1.165, 1.54) is 12.2 Å². The standard InChI is InChI=1S/C23H22F2N6O/c1-16-27-21(29-20-4-2-3-9-26-20)15-22(28-16)30-10-12-31(13-11-30)23(32)8-5-17-14-18(24)6-7-19(17)25/h2-9,14-15H,10-13H2,1H3,(H,26,27,28,29)/b8-5+. The lowest BCUT2D eigenvalue weighted by atomic mass is 10.2. The van der Waals surface area contributed by atoms with Gasteiger partial charge in [-0.2, -0.15) is 0 Å². The number of pyridine rings is 1. The molecule has 1 saturated heterocycles. The van der Waals surface area contributed by atoms with Crippen LogP contribution in [0.25, 0.3) is 6.08 Å². The van der Waals surface area contributed by atoms with Crippen LogP contribution in [-0.4, -0.2) is 51.9 Å². The van der Waals surface area contributed by atoms with Gasteiger partial charge >= 0.3 is 0 Å². The summed E-state index contributed by atoms with van der Waals surface area (Å²) in [5, 5.41) is 3.17. The van der Waals surface area contributed by atoms with Gasteiger partial charge in [0.1, 0.15) is 34.9 Å². The summed E-state index contributed by atoms with van der Waals surface area (Å²) in [6, 6.07) is 10.6. The Hall–Kier alpha value is -3.88. The first-order chi connectivity index (χ1) is 15.5. The first-order valence-electron chi connectivity index (χ1n) is 10.2. The highest BCUT2D eigenvalue weighted by Crippen LogP contribution is 2.20. The largest absolute Gasteiger partial charge is 0.353 e. The molecule has 7 nitrogen and oxygen atoms in total. The maximum atomic E-state index is 13.7. The van der Waals surface area contributed by atoms with Crippen LogP contribution in [0.3, 0.4) is 0 Å². The van der Waals surface area contributed by atoms with Crippen LogP contribution in [-0.2, 0) is 4.79 Å². The van der Waals surface area contributed by atoms with Crippen molar-refractivity contribution in [1.29, 1.82) is 0 Å². The van der Waals surface area contributed by atoms with E-state index in [1.54, 1.807) is 11.1 Å². The molecular weight excluding hydrogens is 414 g/mol. The molecule has 2 aromatic heterocycles. The van der Waals surface area contributed by atoms with Gasteiger partial charge in [0, 0.05) is 50.1 Å². The Morgan fingerprint density at radius 3 is 2.59 bits per heavy atom. The molecule has 0 aliphatic carbocycles. The van der Waals surface area contributed by atoms with E-state index in [4.69, 9.17) is 0 Å². The number of carbonyl (C=O) groups excluding carboxylic acids is 1. The molecule has 1 amide bonds. The maximum Gasteiger partial charge on any atom is 0.246 e. The lowest BCUT2D eigenvalue weighted by Gasteiger charge is -2.35. The number of hydrogen-bond acceptors (Lipinski definition) is 6. The van der Waals surface area contributed by atoms with E-state index in [2.05, 4.69) is 25.2 Å². The highest BCUT2D eigenvalue weighted by molar-refractivity contribution is 5.92. The number of anilines is 3. The van der Waals surface area contributed by atoms with Crippen LogP contribution in [0.15, 0.2) is 54.7 Å². The molecule has 0 saturated carbocycles. The fraction of sp³-hybridized carbons (Fsp3) is 0.217. The average Bonchev–Trinajstić information content (AvgIpc) is 2.80. The topological polar surface area (TPSA) is 74.2 Å². The highest BCUT2D eigenvalue weighted by atomic mass is 19.1. The summed E-state index contributed by atoms with van der Waals surface area (Å²) < 4.78 is 27.0. The number of hydrogen-bond donors (Lipinski definition) is 1. The van der Waals surface area contributed by atoms with Gasteiger partial charge in [-0.15, -0.1) is 0 Å². The van der Waals surface area contributed by atoms with Gasteiger partial charge in [-0.3, -0.25) is 4.79 Å². The average molecular weight is 436 g/mol. The molecule has 1 N–H and O–H groups in total. The van der Waals surface area contributed by atoms with Crippen molar-refractivity contribution >= 4 is 29.4 Å². The summed E-state index contributed by atoms with van der Waals surface area (Å²) in [7, 11) is 0. The van der Waals surface area contributed by atoms with Crippen molar-refractivity contribution in [1.82, 2.24) is 19.9 Å². The summed E-state index contributed by atoms with van der Waals surface area (Å²) in [5.41, 5.74) is 0.0429. The van der Waals surface area contributed by atoms with Gasteiger partial charge in [0.15, 0.2) is 0 Å². The minimum Gasteiger partial charge on any atom is -0.353 e. The Bertz CT molecular complexity index is 1130. The van der Waals surface area contributed by atoms with Crippen LogP contribution in [0.4, 0.5) is 26.2 Å². The van der Waals surface area contributed by atoms with E-state index in [9.17, 15) is 13.6 Å². The number of benzene rings is 1. The third-order valence-electron chi connectivity index (χ3n) is 5.02. The van der Waals surface area contributed by atoms with Gasteiger partial charge in [-0.05, 0) is 43.3 Å². The molecule has 9 heteroatoms. The molecule has 3 aromatic rings. The summed E-state index contributed by atoms with van der Waals surface area (Å²) in [4.78, 5) is 29.4. The van der Waals surface area contributed by atoms with Crippen molar-refractivity contribution in [2.45, 2.75) is 6.92 Å². The van der Waals surface area contributed by atoms with E-state index in [1.807, 2.05) is 31.2 Å². The van der Waals surface area contributed by atoms with Crippen LogP contribution in [0.5, 0.6) is 0 Å². The highest BCUT2D eigenvalue weighted by Gasteiger charge is 2.21. The number of rotatable bonds is 5. The summed E-state index contributed by atoms with van der Waals surface area (Å²) in [6.07, 6.45) is 4.28. The zero-order valence-electron chi connectivity index (χ0n) is 17.5. The zero-order chi connectivity index (χ0) is 22.5. The molecule has 1 aliphatic heterocycles. The van der Waals surface area contributed by atoms with E-state index in [0.717, 1.165) is 24.0 Å². The molecule has 3 heterocycles. The molecule has 0 atom stereocenters. The third-order valence-corrected chi connectivity index (χ3v) is 5.02. The Balaban J connectivity index is 1.38. The zero-order valence-corrected chi connectivity index (χ0v) is 17.5. The number of nitrogens with one attached hydrogen (secondary N) is 1. The van der Waals surface area contributed by atoms with Gasteiger partial charge in [0.05, 0.1) is 0 Å². The number of piperazine rings is 1. The van der Waals surface area contributed by atoms with Gasteiger partial charge in [0.2, 0.25) is 5.91 Å². The smallest absolute Gasteiger partial charge is 0.246 e. The van der Waals surface area contributed by atoms with Gasteiger partial charge in [0.25, 0.3) is 0 Å². The molecule has 1 aromatic carbocycles. The molecule has 1 aliphatic rings. The second kappa shape index (κ2) is 9.51. The number of halogens is 2. The third kappa shape index (κ3) is 5.23. The minimum absolute atomic E-state index is 0.0429. The summed E-state index contributed by atoms with van der Waals surface area (Å²) >= 11 is 0. The normalized spacial score (nSPS) is 14.1. The SMILES string of the molecule is Cc1nc(Nc2ccccn2)cc(N2CCN(C(=O)/C=C/c3cc(F)ccc3F)CC2)n1. The summed E-state index contributed by atoms with van der Waals surface area (Å²) in [6.45, 7) is 3.98. The first kappa shape index (κ1) is 21.4. The predicted octanol–water partition coefficient (Wildman–Crippen LogP) is 3.56. The lowest BCUT2D eigenvalue weighted by molar-refractivity contribution is -0.126. The summed E-state index contributed by atoms with van der Waals surface area (Å²) in [5.74, 6) is 1.35. The fourth-order valence-corrected chi connectivity index (χ4v) is 3.41. The number of carbonyl (C=O) groups is 1. The second-order valence-electron chi connectivity index (χ2n) is 7.31. The molecule has 1 fully saturated rings.